The molecule has 0 saturated heterocycles. The Morgan fingerprint density at radius 2 is 1.83 bits per heavy atom. The number of alkyl halides is 2. The summed E-state index contributed by atoms with van der Waals surface area (Å²) in [6.45, 7) is 1.54. The summed E-state index contributed by atoms with van der Waals surface area (Å²) >= 11 is 0. The minimum absolute atomic E-state index is 0.0815. The summed E-state index contributed by atoms with van der Waals surface area (Å²) in [5, 5.41) is 3.36. The van der Waals surface area contributed by atoms with Crippen LogP contribution >= 0.6 is 0 Å². The van der Waals surface area contributed by atoms with Gasteiger partial charge in [0.1, 0.15) is 0 Å². The lowest BCUT2D eigenvalue weighted by atomic mass is 9.96. The van der Waals surface area contributed by atoms with Crippen LogP contribution < -0.4 is 10.1 Å². The van der Waals surface area contributed by atoms with Crippen molar-refractivity contribution in [2.45, 2.75) is 33.0 Å². The molecule has 2 rings (SSSR count). The van der Waals surface area contributed by atoms with E-state index in [1.54, 1.807) is 18.5 Å². The molecule has 3 nitrogen and oxygen atoms in total. The molecule has 124 valence electrons. The molecule has 0 radical (unpaired) electrons. The van der Waals surface area contributed by atoms with Gasteiger partial charge in [-0.15, -0.1) is 0 Å². The van der Waals surface area contributed by atoms with Crippen LogP contribution in [0.25, 0.3) is 0 Å². The third-order valence-corrected chi connectivity index (χ3v) is 3.47. The van der Waals surface area contributed by atoms with Crippen LogP contribution in [0.3, 0.4) is 0 Å². The Labute approximate surface area is 133 Å². The first-order chi connectivity index (χ1) is 11.0. The van der Waals surface area contributed by atoms with Crippen molar-refractivity contribution in [2.75, 3.05) is 0 Å². The maximum absolute atomic E-state index is 13.7. The summed E-state index contributed by atoms with van der Waals surface area (Å²) in [7, 11) is 0. The summed E-state index contributed by atoms with van der Waals surface area (Å²) < 4.78 is 42.1. The SMILES string of the molecule is CC(C)[C@H](NCc1ccc(OC(F)F)c(F)c1)c1ccncc1. The van der Waals surface area contributed by atoms with Crippen molar-refractivity contribution < 1.29 is 17.9 Å². The summed E-state index contributed by atoms with van der Waals surface area (Å²) in [5.41, 5.74) is 1.75. The second-order valence-electron chi connectivity index (χ2n) is 5.53. The highest BCUT2D eigenvalue weighted by atomic mass is 19.3. The fraction of sp³-hybridized carbons (Fsp3) is 0.353. The van der Waals surface area contributed by atoms with Crippen molar-refractivity contribution in [2.24, 2.45) is 5.92 Å². The summed E-state index contributed by atoms with van der Waals surface area (Å²) in [4.78, 5) is 4.00. The first kappa shape index (κ1) is 17.3. The molecule has 23 heavy (non-hydrogen) atoms. The molecule has 0 unspecified atom stereocenters. The average Bonchev–Trinajstić information content (AvgIpc) is 2.50. The van der Waals surface area contributed by atoms with Gasteiger partial charge in [0, 0.05) is 25.0 Å². The van der Waals surface area contributed by atoms with Gasteiger partial charge in [0.2, 0.25) is 0 Å². The Hall–Kier alpha value is -2.08. The molecule has 0 spiro atoms. The van der Waals surface area contributed by atoms with E-state index in [9.17, 15) is 13.2 Å². The summed E-state index contributed by atoms with van der Waals surface area (Å²) in [6, 6.07) is 7.93. The highest BCUT2D eigenvalue weighted by Gasteiger charge is 2.16. The normalized spacial score (nSPS) is 12.7. The Kier molecular flexibility index (Phi) is 5.98. The molecule has 1 heterocycles. The van der Waals surface area contributed by atoms with Crippen molar-refractivity contribution >= 4 is 0 Å². The monoisotopic (exact) mass is 324 g/mol. The Balaban J connectivity index is 2.05. The van der Waals surface area contributed by atoms with E-state index in [-0.39, 0.29) is 6.04 Å². The van der Waals surface area contributed by atoms with Gasteiger partial charge in [-0.2, -0.15) is 8.78 Å². The maximum atomic E-state index is 13.7. The van der Waals surface area contributed by atoms with E-state index in [1.165, 1.54) is 12.1 Å². The van der Waals surface area contributed by atoms with Crippen molar-refractivity contribution in [3.05, 3.63) is 59.7 Å². The van der Waals surface area contributed by atoms with Crippen molar-refractivity contribution in [1.82, 2.24) is 10.3 Å². The van der Waals surface area contributed by atoms with Crippen LogP contribution in [-0.2, 0) is 6.54 Å². The fourth-order valence-electron chi connectivity index (χ4n) is 2.38. The number of pyridine rings is 1. The first-order valence-corrected chi connectivity index (χ1v) is 7.34. The Morgan fingerprint density at radius 1 is 1.13 bits per heavy atom. The second kappa shape index (κ2) is 7.97. The van der Waals surface area contributed by atoms with Gasteiger partial charge in [-0.1, -0.05) is 19.9 Å². The van der Waals surface area contributed by atoms with E-state index >= 15 is 0 Å². The largest absolute Gasteiger partial charge is 0.432 e. The van der Waals surface area contributed by atoms with Crippen molar-refractivity contribution in [3.63, 3.8) is 0 Å². The Bertz CT molecular complexity index is 620. The van der Waals surface area contributed by atoms with E-state index in [0.29, 0.717) is 18.0 Å². The lowest BCUT2D eigenvalue weighted by Crippen LogP contribution is -2.25. The number of ether oxygens (including phenoxy) is 1. The van der Waals surface area contributed by atoms with E-state index < -0.39 is 18.2 Å². The molecule has 1 aromatic heterocycles. The van der Waals surface area contributed by atoms with Crippen LogP contribution in [0.5, 0.6) is 5.75 Å². The van der Waals surface area contributed by atoms with Gasteiger partial charge in [-0.05, 0) is 41.3 Å². The molecule has 0 amide bonds. The zero-order chi connectivity index (χ0) is 16.8. The van der Waals surface area contributed by atoms with Crippen molar-refractivity contribution in [3.8, 4) is 5.75 Å². The molecule has 0 aliphatic rings. The minimum atomic E-state index is -3.04. The zero-order valence-corrected chi connectivity index (χ0v) is 13.0. The van der Waals surface area contributed by atoms with Crippen LogP contribution in [0.2, 0.25) is 0 Å². The number of nitrogens with one attached hydrogen (secondary N) is 1. The molecule has 6 heteroatoms. The molecule has 0 bridgehead atoms. The third kappa shape index (κ3) is 4.96. The lowest BCUT2D eigenvalue weighted by Gasteiger charge is -2.23. The van der Waals surface area contributed by atoms with Crippen LogP contribution in [0.4, 0.5) is 13.2 Å². The van der Waals surface area contributed by atoms with Crippen LogP contribution in [0.1, 0.15) is 31.0 Å². The highest BCUT2D eigenvalue weighted by Crippen LogP contribution is 2.23. The fourth-order valence-corrected chi connectivity index (χ4v) is 2.38. The topological polar surface area (TPSA) is 34.1 Å². The van der Waals surface area contributed by atoms with Gasteiger partial charge >= 0.3 is 6.61 Å². The zero-order valence-electron chi connectivity index (χ0n) is 13.0. The van der Waals surface area contributed by atoms with Crippen molar-refractivity contribution in [1.29, 1.82) is 0 Å². The minimum Gasteiger partial charge on any atom is -0.432 e. The molecule has 1 aromatic carbocycles. The van der Waals surface area contributed by atoms with Gasteiger partial charge in [-0.3, -0.25) is 4.98 Å². The number of halogens is 3. The standard InChI is InChI=1S/C17H19F3N2O/c1-11(2)16(13-5-7-21-8-6-13)22-10-12-3-4-15(14(18)9-12)23-17(19)20/h3-9,11,16-17,22H,10H2,1-2H3/t16-/m0/s1. The molecular weight excluding hydrogens is 305 g/mol. The molecule has 0 fully saturated rings. The lowest BCUT2D eigenvalue weighted by molar-refractivity contribution is -0.0522. The van der Waals surface area contributed by atoms with E-state index in [0.717, 1.165) is 5.56 Å². The van der Waals surface area contributed by atoms with Gasteiger partial charge in [0.05, 0.1) is 0 Å². The van der Waals surface area contributed by atoms with Crippen LogP contribution in [0, 0.1) is 11.7 Å². The number of hydrogen-bond acceptors (Lipinski definition) is 3. The molecular formula is C17H19F3N2O. The highest BCUT2D eigenvalue weighted by molar-refractivity contribution is 5.29. The number of hydrogen-bond donors (Lipinski definition) is 1. The van der Waals surface area contributed by atoms with E-state index in [2.05, 4.69) is 28.9 Å². The molecule has 0 aliphatic heterocycles. The summed E-state index contributed by atoms with van der Waals surface area (Å²) in [5.74, 6) is -0.920. The number of aromatic nitrogens is 1. The Morgan fingerprint density at radius 3 is 2.39 bits per heavy atom. The predicted octanol–water partition coefficient (Wildman–Crippen LogP) is 4.31. The molecule has 2 aromatic rings. The third-order valence-electron chi connectivity index (χ3n) is 3.47. The molecule has 1 N–H and O–H groups in total. The van der Waals surface area contributed by atoms with Gasteiger partial charge in [0.25, 0.3) is 0 Å². The smallest absolute Gasteiger partial charge is 0.387 e. The predicted molar refractivity (Wildman–Crippen MR) is 81.7 cm³/mol. The quantitative estimate of drug-likeness (QED) is 0.824. The number of nitrogens with zero attached hydrogens (tertiary/aromatic N) is 1. The summed E-state index contributed by atoms with van der Waals surface area (Å²) in [6.07, 6.45) is 3.45. The van der Waals surface area contributed by atoms with E-state index in [1.807, 2.05) is 12.1 Å². The molecule has 1 atom stereocenters. The molecule has 0 saturated carbocycles. The second-order valence-corrected chi connectivity index (χ2v) is 5.53. The maximum Gasteiger partial charge on any atom is 0.387 e. The first-order valence-electron chi connectivity index (χ1n) is 7.34. The van der Waals surface area contributed by atoms with Gasteiger partial charge in [-0.25, -0.2) is 4.39 Å². The average molecular weight is 324 g/mol. The number of benzene rings is 1. The van der Waals surface area contributed by atoms with Crippen LogP contribution in [-0.4, -0.2) is 11.6 Å². The van der Waals surface area contributed by atoms with E-state index in [4.69, 9.17) is 0 Å². The van der Waals surface area contributed by atoms with Crippen LogP contribution in [0.15, 0.2) is 42.7 Å². The van der Waals surface area contributed by atoms with Gasteiger partial charge < -0.3 is 10.1 Å². The molecule has 0 aliphatic carbocycles. The number of rotatable bonds is 7. The van der Waals surface area contributed by atoms with Gasteiger partial charge in [0.15, 0.2) is 11.6 Å².